The highest BCUT2D eigenvalue weighted by molar-refractivity contribution is 5.84. The summed E-state index contributed by atoms with van der Waals surface area (Å²) in [4.78, 5) is 0. The molecule has 1 N–H and O–H groups in total. The molecule has 2 aliphatic carbocycles. The Morgan fingerprint density at radius 3 is 2.36 bits per heavy atom. The Morgan fingerprint density at radius 2 is 1.64 bits per heavy atom. The van der Waals surface area contributed by atoms with E-state index in [1.807, 2.05) is 0 Å². The van der Waals surface area contributed by atoms with E-state index >= 15 is 0 Å². The predicted molar refractivity (Wildman–Crippen MR) is 60.9 cm³/mol. The third-order valence-corrected chi connectivity index (χ3v) is 4.08. The molecule has 1 atom stereocenters. The summed E-state index contributed by atoms with van der Waals surface area (Å²) in [6.45, 7) is 0. The van der Waals surface area contributed by atoms with Crippen molar-refractivity contribution in [1.29, 1.82) is 5.41 Å². The molecule has 2 saturated carbocycles. The van der Waals surface area contributed by atoms with Gasteiger partial charge in [-0.2, -0.15) is 0 Å². The molecule has 0 spiro atoms. The topological polar surface area (TPSA) is 23.9 Å². The van der Waals surface area contributed by atoms with Gasteiger partial charge >= 0.3 is 0 Å². The van der Waals surface area contributed by atoms with Crippen molar-refractivity contribution in [2.24, 2.45) is 11.8 Å². The van der Waals surface area contributed by atoms with Crippen molar-refractivity contribution in [2.75, 3.05) is 0 Å². The van der Waals surface area contributed by atoms with Gasteiger partial charge in [0.2, 0.25) is 0 Å². The van der Waals surface area contributed by atoms with Gasteiger partial charge in [0.05, 0.1) is 0 Å². The van der Waals surface area contributed by atoms with Crippen molar-refractivity contribution >= 4 is 5.71 Å². The second kappa shape index (κ2) is 4.95. The molecule has 0 aromatic rings. The van der Waals surface area contributed by atoms with Crippen molar-refractivity contribution in [2.45, 2.75) is 64.2 Å². The van der Waals surface area contributed by atoms with Crippen LogP contribution in [0.3, 0.4) is 0 Å². The summed E-state index contributed by atoms with van der Waals surface area (Å²) in [7, 11) is 0. The van der Waals surface area contributed by atoms with E-state index in [2.05, 4.69) is 0 Å². The van der Waals surface area contributed by atoms with Gasteiger partial charge in [0, 0.05) is 5.71 Å². The fourth-order valence-corrected chi connectivity index (χ4v) is 3.17. The average Bonchev–Trinajstić information content (AvgIpc) is 2.23. The van der Waals surface area contributed by atoms with E-state index in [0.29, 0.717) is 5.92 Å². The van der Waals surface area contributed by atoms with Crippen LogP contribution in [0.5, 0.6) is 0 Å². The minimum atomic E-state index is 0.673. The first-order valence-electron chi connectivity index (χ1n) is 6.43. The van der Waals surface area contributed by atoms with Gasteiger partial charge in [-0.1, -0.05) is 38.5 Å². The minimum Gasteiger partial charge on any atom is -0.309 e. The quantitative estimate of drug-likeness (QED) is 0.680. The van der Waals surface area contributed by atoms with Gasteiger partial charge in [-0.3, -0.25) is 0 Å². The second-order valence-electron chi connectivity index (χ2n) is 5.21. The van der Waals surface area contributed by atoms with E-state index in [1.165, 1.54) is 57.8 Å². The summed E-state index contributed by atoms with van der Waals surface area (Å²) in [5.74, 6) is 1.64. The zero-order valence-electron chi connectivity index (χ0n) is 9.23. The van der Waals surface area contributed by atoms with Crippen molar-refractivity contribution in [3.8, 4) is 0 Å². The molecule has 1 nitrogen and oxygen atoms in total. The molecule has 2 aliphatic rings. The van der Waals surface area contributed by atoms with E-state index in [-0.39, 0.29) is 0 Å². The number of hydrogen-bond donors (Lipinski definition) is 1. The van der Waals surface area contributed by atoms with Crippen LogP contribution in [0.4, 0.5) is 0 Å². The number of rotatable bonds is 2. The van der Waals surface area contributed by atoms with Crippen LogP contribution in [0.15, 0.2) is 0 Å². The molecule has 14 heavy (non-hydrogen) atoms. The standard InChI is InChI=1S/C13H23N/c14-13-9-5-4-8-12(13)10-11-6-2-1-3-7-11/h11-12,14H,1-10H2. The van der Waals surface area contributed by atoms with E-state index in [1.54, 1.807) is 0 Å². The van der Waals surface area contributed by atoms with E-state index in [4.69, 9.17) is 5.41 Å². The van der Waals surface area contributed by atoms with Gasteiger partial charge < -0.3 is 5.41 Å². The number of nitrogens with one attached hydrogen (secondary N) is 1. The highest BCUT2D eigenvalue weighted by Gasteiger charge is 2.23. The highest BCUT2D eigenvalue weighted by Crippen LogP contribution is 2.33. The first kappa shape index (κ1) is 10.2. The summed E-state index contributed by atoms with van der Waals surface area (Å²) >= 11 is 0. The number of hydrogen-bond acceptors (Lipinski definition) is 1. The maximum absolute atomic E-state index is 7.96. The molecule has 2 rings (SSSR count). The molecule has 0 radical (unpaired) electrons. The smallest absolute Gasteiger partial charge is 0.0120 e. The first-order valence-corrected chi connectivity index (χ1v) is 6.43. The Hall–Kier alpha value is -0.330. The molecule has 1 unspecified atom stereocenters. The molecular formula is C13H23N. The lowest BCUT2D eigenvalue weighted by atomic mass is 9.77. The fraction of sp³-hybridized carbons (Fsp3) is 0.923. The minimum absolute atomic E-state index is 0.673. The molecule has 1 heteroatoms. The average molecular weight is 193 g/mol. The van der Waals surface area contributed by atoms with Crippen LogP contribution in [0, 0.1) is 17.2 Å². The van der Waals surface area contributed by atoms with Gasteiger partial charge in [0.25, 0.3) is 0 Å². The molecule has 0 saturated heterocycles. The van der Waals surface area contributed by atoms with Crippen LogP contribution in [-0.2, 0) is 0 Å². The van der Waals surface area contributed by atoms with Crippen LogP contribution >= 0.6 is 0 Å². The molecule has 0 amide bonds. The molecule has 0 aromatic heterocycles. The van der Waals surface area contributed by atoms with Crippen LogP contribution in [-0.4, -0.2) is 5.71 Å². The zero-order chi connectivity index (χ0) is 9.80. The molecule has 0 heterocycles. The lowest BCUT2D eigenvalue weighted by Gasteiger charge is -2.29. The largest absolute Gasteiger partial charge is 0.309 e. The Morgan fingerprint density at radius 1 is 0.929 bits per heavy atom. The highest BCUT2D eigenvalue weighted by atomic mass is 14.5. The summed E-state index contributed by atoms with van der Waals surface area (Å²) in [6.07, 6.45) is 13.7. The van der Waals surface area contributed by atoms with E-state index < -0.39 is 0 Å². The Balaban J connectivity index is 1.79. The Kier molecular flexibility index (Phi) is 3.61. The predicted octanol–water partition coefficient (Wildman–Crippen LogP) is 4.17. The fourth-order valence-electron chi connectivity index (χ4n) is 3.17. The van der Waals surface area contributed by atoms with Crippen LogP contribution in [0.25, 0.3) is 0 Å². The van der Waals surface area contributed by atoms with Crippen molar-refractivity contribution in [3.05, 3.63) is 0 Å². The lowest BCUT2D eigenvalue weighted by molar-refractivity contribution is 0.301. The van der Waals surface area contributed by atoms with Gasteiger partial charge in [-0.05, 0) is 37.5 Å². The maximum atomic E-state index is 7.96. The summed E-state index contributed by atoms with van der Waals surface area (Å²) in [5.41, 5.74) is 1.07. The third kappa shape index (κ3) is 2.59. The molecule has 80 valence electrons. The van der Waals surface area contributed by atoms with Gasteiger partial charge in [0.1, 0.15) is 0 Å². The molecule has 2 fully saturated rings. The Labute approximate surface area is 87.8 Å². The third-order valence-electron chi connectivity index (χ3n) is 4.08. The SMILES string of the molecule is N=C1CCCCC1CC1CCCCC1. The van der Waals surface area contributed by atoms with E-state index in [0.717, 1.165) is 18.1 Å². The van der Waals surface area contributed by atoms with Crippen LogP contribution in [0.2, 0.25) is 0 Å². The van der Waals surface area contributed by atoms with Crippen molar-refractivity contribution in [3.63, 3.8) is 0 Å². The zero-order valence-corrected chi connectivity index (χ0v) is 9.23. The van der Waals surface area contributed by atoms with Crippen LogP contribution < -0.4 is 0 Å². The van der Waals surface area contributed by atoms with Gasteiger partial charge in [-0.25, -0.2) is 0 Å². The summed E-state index contributed by atoms with van der Waals surface area (Å²) in [5, 5.41) is 7.96. The molecule has 0 aliphatic heterocycles. The second-order valence-corrected chi connectivity index (χ2v) is 5.21. The van der Waals surface area contributed by atoms with Gasteiger partial charge in [0.15, 0.2) is 0 Å². The summed E-state index contributed by atoms with van der Waals surface area (Å²) < 4.78 is 0. The van der Waals surface area contributed by atoms with E-state index in [9.17, 15) is 0 Å². The lowest BCUT2D eigenvalue weighted by Crippen LogP contribution is -2.22. The molecule has 0 aromatic carbocycles. The summed E-state index contributed by atoms with van der Waals surface area (Å²) in [6, 6.07) is 0. The monoisotopic (exact) mass is 193 g/mol. The van der Waals surface area contributed by atoms with Crippen molar-refractivity contribution < 1.29 is 0 Å². The van der Waals surface area contributed by atoms with Crippen LogP contribution in [0.1, 0.15) is 64.2 Å². The first-order chi connectivity index (χ1) is 6.86. The molecule has 0 bridgehead atoms. The van der Waals surface area contributed by atoms with Gasteiger partial charge in [-0.15, -0.1) is 0 Å². The molecular weight excluding hydrogens is 170 g/mol. The Bertz CT molecular complexity index is 191. The normalized spacial score (nSPS) is 30.6. The van der Waals surface area contributed by atoms with Crippen molar-refractivity contribution in [1.82, 2.24) is 0 Å². The maximum Gasteiger partial charge on any atom is 0.0120 e.